The molecule has 2 aromatic heterocycles. The molecule has 0 amide bonds. The summed E-state index contributed by atoms with van der Waals surface area (Å²) in [6.45, 7) is 1.79. The number of aromatic nitrogens is 4. The van der Waals surface area contributed by atoms with Crippen LogP contribution in [0.4, 0.5) is 0 Å². The molecule has 2 N–H and O–H groups in total. The molecule has 3 rings (SSSR count). The summed E-state index contributed by atoms with van der Waals surface area (Å²) in [5.74, 6) is -0.853. The maximum atomic E-state index is 12.2. The normalized spacial score (nSPS) is 12.3. The lowest BCUT2D eigenvalue weighted by Gasteiger charge is -2.16. The Kier molecular flexibility index (Phi) is 3.92. The molecule has 118 valence electrons. The van der Waals surface area contributed by atoms with Gasteiger partial charge in [0.2, 0.25) is 0 Å². The first kappa shape index (κ1) is 15.0. The molecule has 0 bridgehead atoms. The summed E-state index contributed by atoms with van der Waals surface area (Å²) >= 11 is 0. The second-order valence-electron chi connectivity index (χ2n) is 5.22. The van der Waals surface area contributed by atoms with Gasteiger partial charge < -0.3 is 9.84 Å². The molecule has 0 spiro atoms. The number of para-hydroxylation sites is 1. The van der Waals surface area contributed by atoms with Crippen LogP contribution in [0, 0.1) is 6.92 Å². The molecule has 0 aliphatic heterocycles. The lowest BCUT2D eigenvalue weighted by molar-refractivity contribution is -0.140. The predicted molar refractivity (Wildman–Crippen MR) is 84.2 cm³/mol. The van der Waals surface area contributed by atoms with E-state index in [2.05, 4.69) is 20.2 Å². The topological polar surface area (TPSA) is 101 Å². The van der Waals surface area contributed by atoms with Gasteiger partial charge in [0, 0.05) is 29.6 Å². The highest BCUT2D eigenvalue weighted by atomic mass is 16.5. The summed E-state index contributed by atoms with van der Waals surface area (Å²) < 4.78 is 4.79. The third-order valence-electron chi connectivity index (χ3n) is 3.86. The highest BCUT2D eigenvalue weighted by molar-refractivity contribution is 5.80. The van der Waals surface area contributed by atoms with Crippen LogP contribution in [-0.2, 0) is 9.53 Å². The Labute approximate surface area is 131 Å². The number of rotatable bonds is 4. The van der Waals surface area contributed by atoms with E-state index in [1.165, 1.54) is 7.11 Å². The van der Waals surface area contributed by atoms with Gasteiger partial charge in [0.25, 0.3) is 5.56 Å². The Balaban J connectivity index is 2.22. The van der Waals surface area contributed by atoms with Crippen molar-refractivity contribution in [1.29, 1.82) is 0 Å². The summed E-state index contributed by atoms with van der Waals surface area (Å²) in [6.07, 6.45) is 3.25. The monoisotopic (exact) mass is 312 g/mol. The minimum Gasteiger partial charge on any atom is -0.469 e. The van der Waals surface area contributed by atoms with Crippen LogP contribution >= 0.6 is 0 Å². The average molecular weight is 312 g/mol. The van der Waals surface area contributed by atoms with Crippen molar-refractivity contribution in [2.75, 3.05) is 7.11 Å². The van der Waals surface area contributed by atoms with Crippen LogP contribution < -0.4 is 5.56 Å². The molecule has 23 heavy (non-hydrogen) atoms. The minimum absolute atomic E-state index is 0.0496. The van der Waals surface area contributed by atoms with Gasteiger partial charge in [-0.1, -0.05) is 12.1 Å². The van der Waals surface area contributed by atoms with E-state index in [0.29, 0.717) is 22.3 Å². The highest BCUT2D eigenvalue weighted by Crippen LogP contribution is 2.31. The number of hydrogen-bond donors (Lipinski definition) is 2. The molecule has 0 aliphatic rings. The van der Waals surface area contributed by atoms with Gasteiger partial charge in [-0.3, -0.25) is 24.7 Å². The maximum Gasteiger partial charge on any atom is 0.306 e. The Morgan fingerprint density at radius 2 is 2.04 bits per heavy atom. The van der Waals surface area contributed by atoms with Crippen LogP contribution in [0.5, 0.6) is 0 Å². The van der Waals surface area contributed by atoms with Crippen LogP contribution in [0.1, 0.15) is 29.2 Å². The van der Waals surface area contributed by atoms with Gasteiger partial charge >= 0.3 is 5.97 Å². The molecule has 2 heterocycles. The highest BCUT2D eigenvalue weighted by Gasteiger charge is 2.26. The third-order valence-corrected chi connectivity index (χ3v) is 3.86. The number of nitrogens with one attached hydrogen (secondary N) is 2. The van der Waals surface area contributed by atoms with E-state index in [4.69, 9.17) is 4.74 Å². The smallest absolute Gasteiger partial charge is 0.306 e. The van der Waals surface area contributed by atoms with Crippen LogP contribution in [-0.4, -0.2) is 33.2 Å². The van der Waals surface area contributed by atoms with E-state index in [1.807, 2.05) is 18.2 Å². The molecule has 0 unspecified atom stereocenters. The predicted octanol–water partition coefficient (Wildman–Crippen LogP) is 1.65. The fraction of sp³-hybridized carbons (Fsp3) is 0.250. The zero-order chi connectivity index (χ0) is 16.4. The van der Waals surface area contributed by atoms with Crippen molar-refractivity contribution in [1.82, 2.24) is 20.2 Å². The quantitative estimate of drug-likeness (QED) is 0.713. The van der Waals surface area contributed by atoms with E-state index in [9.17, 15) is 9.59 Å². The standard InChI is InChI=1S/C16H16N4O3/c1-9-14(16(22)20-19-9)11(8-13(21)23-2)10-4-3-5-12-15(10)18-7-6-17-12/h3-7,11H,8H2,1-2H3,(H2,19,20,22)/t11-/m0/s1. The van der Waals surface area contributed by atoms with Gasteiger partial charge in [-0.15, -0.1) is 0 Å². The minimum atomic E-state index is -0.460. The third kappa shape index (κ3) is 2.73. The molecule has 7 nitrogen and oxygen atoms in total. The fourth-order valence-corrected chi connectivity index (χ4v) is 2.79. The Morgan fingerprint density at radius 3 is 2.74 bits per heavy atom. The van der Waals surface area contributed by atoms with Crippen molar-refractivity contribution < 1.29 is 9.53 Å². The number of carbonyl (C=O) groups is 1. The van der Waals surface area contributed by atoms with Gasteiger partial charge in [0.15, 0.2) is 0 Å². The lowest BCUT2D eigenvalue weighted by Crippen LogP contribution is -2.17. The number of nitrogens with zero attached hydrogens (tertiary/aromatic N) is 2. The van der Waals surface area contributed by atoms with Gasteiger partial charge in [-0.2, -0.15) is 0 Å². The number of carbonyl (C=O) groups excluding carboxylic acids is 1. The number of H-pyrrole nitrogens is 2. The summed E-state index contributed by atoms with van der Waals surface area (Å²) in [6, 6.07) is 5.54. The first-order valence-electron chi connectivity index (χ1n) is 7.15. The van der Waals surface area contributed by atoms with E-state index < -0.39 is 11.9 Å². The van der Waals surface area contributed by atoms with E-state index >= 15 is 0 Å². The fourth-order valence-electron chi connectivity index (χ4n) is 2.79. The van der Waals surface area contributed by atoms with Gasteiger partial charge in [-0.05, 0) is 18.6 Å². The largest absolute Gasteiger partial charge is 0.469 e. The molecular formula is C16H16N4O3. The second-order valence-corrected chi connectivity index (χ2v) is 5.22. The summed E-state index contributed by atoms with van der Waals surface area (Å²) in [5.41, 5.74) is 3.10. The number of ether oxygens (including phenoxy) is 1. The first-order valence-corrected chi connectivity index (χ1v) is 7.15. The molecule has 0 aliphatic carbocycles. The number of benzene rings is 1. The van der Waals surface area contributed by atoms with Crippen molar-refractivity contribution >= 4 is 17.0 Å². The number of esters is 1. The number of aromatic amines is 2. The number of aryl methyl sites for hydroxylation is 1. The number of methoxy groups -OCH3 is 1. The van der Waals surface area contributed by atoms with Gasteiger partial charge in [0.05, 0.1) is 24.6 Å². The number of fused-ring (bicyclic) bond motifs is 1. The summed E-state index contributed by atoms with van der Waals surface area (Å²) in [7, 11) is 1.33. The second kappa shape index (κ2) is 6.04. The molecule has 0 fully saturated rings. The Morgan fingerprint density at radius 1 is 1.26 bits per heavy atom. The maximum absolute atomic E-state index is 12.2. The molecule has 1 atom stereocenters. The van der Waals surface area contributed by atoms with E-state index in [0.717, 1.165) is 5.56 Å². The molecule has 3 aromatic rings. The molecular weight excluding hydrogens is 296 g/mol. The van der Waals surface area contributed by atoms with Crippen molar-refractivity contribution in [3.8, 4) is 0 Å². The molecule has 0 radical (unpaired) electrons. The number of hydrogen-bond acceptors (Lipinski definition) is 5. The zero-order valence-electron chi connectivity index (χ0n) is 12.8. The molecule has 0 saturated carbocycles. The van der Waals surface area contributed by atoms with Crippen LogP contribution in [0.25, 0.3) is 11.0 Å². The summed E-state index contributed by atoms with van der Waals surface area (Å²) in [4.78, 5) is 32.7. The Hall–Kier alpha value is -2.96. The lowest BCUT2D eigenvalue weighted by atomic mass is 9.87. The van der Waals surface area contributed by atoms with Gasteiger partial charge in [0.1, 0.15) is 0 Å². The van der Waals surface area contributed by atoms with E-state index in [1.54, 1.807) is 19.3 Å². The van der Waals surface area contributed by atoms with Gasteiger partial charge in [-0.25, -0.2) is 0 Å². The van der Waals surface area contributed by atoms with Crippen molar-refractivity contribution in [2.45, 2.75) is 19.3 Å². The zero-order valence-corrected chi connectivity index (χ0v) is 12.8. The van der Waals surface area contributed by atoms with E-state index in [-0.39, 0.29) is 12.0 Å². The summed E-state index contributed by atoms with van der Waals surface area (Å²) in [5, 5.41) is 5.36. The SMILES string of the molecule is COC(=O)C[C@H](c1c(C)[nH][nH]c1=O)c1cccc2nccnc12. The van der Waals surface area contributed by atoms with Crippen LogP contribution in [0.15, 0.2) is 35.4 Å². The molecule has 1 aromatic carbocycles. The average Bonchev–Trinajstić information content (AvgIpc) is 2.91. The van der Waals surface area contributed by atoms with Crippen molar-refractivity contribution in [3.63, 3.8) is 0 Å². The van der Waals surface area contributed by atoms with Crippen LogP contribution in [0.2, 0.25) is 0 Å². The molecule has 7 heteroatoms. The van der Waals surface area contributed by atoms with Crippen molar-refractivity contribution in [3.05, 3.63) is 57.8 Å². The molecule has 0 saturated heterocycles. The van der Waals surface area contributed by atoms with Crippen LogP contribution in [0.3, 0.4) is 0 Å². The first-order chi connectivity index (χ1) is 11.1. The van der Waals surface area contributed by atoms with Crippen molar-refractivity contribution in [2.24, 2.45) is 0 Å². The Bertz CT molecular complexity index is 908.